The van der Waals surface area contributed by atoms with Gasteiger partial charge < -0.3 is 10.1 Å². The van der Waals surface area contributed by atoms with Crippen LogP contribution in [0.3, 0.4) is 0 Å². The maximum absolute atomic E-state index is 11.8. The summed E-state index contributed by atoms with van der Waals surface area (Å²) in [5.74, 6) is -0.935. The van der Waals surface area contributed by atoms with Gasteiger partial charge >= 0.3 is 5.97 Å². The summed E-state index contributed by atoms with van der Waals surface area (Å²) in [5.41, 5.74) is 1.01. The molecule has 0 spiro atoms. The van der Waals surface area contributed by atoms with Gasteiger partial charge in [-0.05, 0) is 54.8 Å². The highest BCUT2D eigenvalue weighted by Gasteiger charge is 2.10. The van der Waals surface area contributed by atoms with E-state index in [2.05, 4.69) is 5.32 Å². The van der Waals surface area contributed by atoms with Crippen LogP contribution in [-0.4, -0.2) is 24.7 Å². The molecular weight excluding hydrogens is 322 g/mol. The van der Waals surface area contributed by atoms with E-state index in [9.17, 15) is 9.59 Å². The SMILES string of the molecule is CSc1ccc(C(=O)OCC(=O)Nc2ccc(Cl)cc2)cc1. The van der Waals surface area contributed by atoms with Gasteiger partial charge in [-0.25, -0.2) is 4.79 Å². The molecule has 0 atom stereocenters. The first-order valence-electron chi connectivity index (χ1n) is 6.45. The number of hydrogen-bond donors (Lipinski definition) is 1. The first-order chi connectivity index (χ1) is 10.6. The molecule has 0 fully saturated rings. The number of carbonyl (C=O) groups is 2. The largest absolute Gasteiger partial charge is 0.452 e. The van der Waals surface area contributed by atoms with Gasteiger partial charge in [0.1, 0.15) is 0 Å². The zero-order valence-electron chi connectivity index (χ0n) is 11.8. The summed E-state index contributed by atoms with van der Waals surface area (Å²) in [6, 6.07) is 13.7. The normalized spacial score (nSPS) is 10.1. The number of carbonyl (C=O) groups excluding carboxylic acids is 2. The van der Waals surface area contributed by atoms with E-state index in [-0.39, 0.29) is 6.61 Å². The van der Waals surface area contributed by atoms with Gasteiger partial charge in [0.2, 0.25) is 0 Å². The minimum atomic E-state index is -0.529. The van der Waals surface area contributed by atoms with Crippen LogP contribution in [0.15, 0.2) is 53.4 Å². The Labute approximate surface area is 137 Å². The molecule has 22 heavy (non-hydrogen) atoms. The van der Waals surface area contributed by atoms with Crippen molar-refractivity contribution in [2.45, 2.75) is 4.90 Å². The summed E-state index contributed by atoms with van der Waals surface area (Å²) in [6.45, 7) is -0.342. The van der Waals surface area contributed by atoms with Crippen molar-refractivity contribution in [2.24, 2.45) is 0 Å². The molecule has 0 unspecified atom stereocenters. The molecule has 2 aromatic rings. The molecule has 0 aliphatic heterocycles. The van der Waals surface area contributed by atoms with Crippen molar-refractivity contribution in [2.75, 3.05) is 18.2 Å². The molecule has 0 aromatic heterocycles. The van der Waals surface area contributed by atoms with Crippen LogP contribution in [0.4, 0.5) is 5.69 Å². The Balaban J connectivity index is 1.84. The average molecular weight is 336 g/mol. The van der Waals surface area contributed by atoms with Crippen LogP contribution in [0.2, 0.25) is 5.02 Å². The van der Waals surface area contributed by atoms with E-state index in [0.29, 0.717) is 16.3 Å². The summed E-state index contributed by atoms with van der Waals surface area (Å²) in [5, 5.41) is 3.20. The van der Waals surface area contributed by atoms with Gasteiger partial charge in [0.25, 0.3) is 5.91 Å². The van der Waals surface area contributed by atoms with Crippen LogP contribution in [0.1, 0.15) is 10.4 Å². The minimum absolute atomic E-state index is 0.342. The van der Waals surface area contributed by atoms with Gasteiger partial charge in [-0.3, -0.25) is 4.79 Å². The fourth-order valence-corrected chi connectivity index (χ4v) is 2.21. The minimum Gasteiger partial charge on any atom is -0.452 e. The molecule has 1 N–H and O–H groups in total. The third-order valence-corrected chi connectivity index (χ3v) is 3.78. The molecule has 0 bridgehead atoms. The molecule has 1 amide bonds. The molecule has 6 heteroatoms. The van der Waals surface area contributed by atoms with Crippen molar-refractivity contribution >= 4 is 40.9 Å². The van der Waals surface area contributed by atoms with Gasteiger partial charge in [-0.2, -0.15) is 0 Å². The van der Waals surface area contributed by atoms with Gasteiger partial charge in [0, 0.05) is 15.6 Å². The smallest absolute Gasteiger partial charge is 0.338 e. The lowest BCUT2D eigenvalue weighted by Crippen LogP contribution is -2.20. The van der Waals surface area contributed by atoms with Crippen molar-refractivity contribution in [1.82, 2.24) is 0 Å². The highest BCUT2D eigenvalue weighted by molar-refractivity contribution is 7.98. The summed E-state index contributed by atoms with van der Waals surface area (Å²) >= 11 is 7.34. The highest BCUT2D eigenvalue weighted by atomic mass is 35.5. The molecule has 114 valence electrons. The monoisotopic (exact) mass is 335 g/mol. The Morgan fingerprint density at radius 2 is 1.73 bits per heavy atom. The number of anilines is 1. The van der Waals surface area contributed by atoms with Crippen LogP contribution in [-0.2, 0) is 9.53 Å². The molecule has 0 aliphatic rings. The number of amides is 1. The second-order valence-corrected chi connectivity index (χ2v) is 5.68. The Morgan fingerprint density at radius 3 is 2.32 bits per heavy atom. The Kier molecular flexibility index (Phi) is 5.86. The first kappa shape index (κ1) is 16.4. The third-order valence-electron chi connectivity index (χ3n) is 2.79. The van der Waals surface area contributed by atoms with E-state index >= 15 is 0 Å². The second kappa shape index (κ2) is 7.87. The summed E-state index contributed by atoms with van der Waals surface area (Å²) in [7, 11) is 0. The fourth-order valence-electron chi connectivity index (χ4n) is 1.67. The van der Waals surface area contributed by atoms with E-state index in [0.717, 1.165) is 4.90 Å². The average Bonchev–Trinajstić information content (AvgIpc) is 2.55. The Bertz CT molecular complexity index is 656. The summed E-state index contributed by atoms with van der Waals surface area (Å²) in [4.78, 5) is 24.6. The second-order valence-electron chi connectivity index (χ2n) is 4.36. The number of ether oxygens (including phenoxy) is 1. The Hall–Kier alpha value is -1.98. The lowest BCUT2D eigenvalue weighted by Gasteiger charge is -2.07. The molecule has 0 saturated carbocycles. The van der Waals surface area contributed by atoms with E-state index in [1.54, 1.807) is 48.2 Å². The Morgan fingerprint density at radius 1 is 1.09 bits per heavy atom. The van der Waals surface area contributed by atoms with Crippen LogP contribution in [0.25, 0.3) is 0 Å². The van der Waals surface area contributed by atoms with Crippen molar-refractivity contribution in [3.05, 3.63) is 59.1 Å². The zero-order valence-corrected chi connectivity index (χ0v) is 13.4. The fraction of sp³-hybridized carbons (Fsp3) is 0.125. The molecule has 0 radical (unpaired) electrons. The van der Waals surface area contributed by atoms with Gasteiger partial charge in [0.05, 0.1) is 5.56 Å². The lowest BCUT2D eigenvalue weighted by molar-refractivity contribution is -0.119. The molecular formula is C16H14ClNO3S. The number of halogens is 1. The standard InChI is InChI=1S/C16H14ClNO3S/c1-22-14-8-2-11(3-9-14)16(20)21-10-15(19)18-13-6-4-12(17)5-7-13/h2-9H,10H2,1H3,(H,18,19). The predicted octanol–water partition coefficient (Wildman–Crippen LogP) is 3.86. The van der Waals surface area contributed by atoms with E-state index in [1.165, 1.54) is 0 Å². The van der Waals surface area contributed by atoms with Crippen molar-refractivity contribution in [1.29, 1.82) is 0 Å². The van der Waals surface area contributed by atoms with Crippen molar-refractivity contribution < 1.29 is 14.3 Å². The predicted molar refractivity (Wildman–Crippen MR) is 88.6 cm³/mol. The lowest BCUT2D eigenvalue weighted by atomic mass is 10.2. The quantitative estimate of drug-likeness (QED) is 0.666. The van der Waals surface area contributed by atoms with Crippen LogP contribution < -0.4 is 5.32 Å². The molecule has 4 nitrogen and oxygen atoms in total. The van der Waals surface area contributed by atoms with Crippen LogP contribution in [0.5, 0.6) is 0 Å². The van der Waals surface area contributed by atoms with Crippen LogP contribution >= 0.6 is 23.4 Å². The summed E-state index contributed by atoms with van der Waals surface area (Å²) in [6.07, 6.45) is 1.95. The van der Waals surface area contributed by atoms with E-state index in [1.807, 2.05) is 18.4 Å². The maximum atomic E-state index is 11.8. The number of hydrogen-bond acceptors (Lipinski definition) is 4. The van der Waals surface area contributed by atoms with Gasteiger partial charge in [-0.1, -0.05) is 11.6 Å². The topological polar surface area (TPSA) is 55.4 Å². The first-order valence-corrected chi connectivity index (χ1v) is 8.05. The molecule has 0 saturated heterocycles. The number of nitrogens with one attached hydrogen (secondary N) is 1. The molecule has 2 aromatic carbocycles. The number of thioether (sulfide) groups is 1. The maximum Gasteiger partial charge on any atom is 0.338 e. The number of esters is 1. The highest BCUT2D eigenvalue weighted by Crippen LogP contribution is 2.15. The third kappa shape index (κ3) is 4.79. The van der Waals surface area contributed by atoms with Gasteiger partial charge in [0.15, 0.2) is 6.61 Å². The van der Waals surface area contributed by atoms with Crippen molar-refractivity contribution in [3.8, 4) is 0 Å². The number of benzene rings is 2. The van der Waals surface area contributed by atoms with Gasteiger partial charge in [-0.15, -0.1) is 11.8 Å². The molecule has 0 heterocycles. The van der Waals surface area contributed by atoms with Crippen molar-refractivity contribution in [3.63, 3.8) is 0 Å². The molecule has 0 aliphatic carbocycles. The summed E-state index contributed by atoms with van der Waals surface area (Å²) < 4.78 is 4.98. The van der Waals surface area contributed by atoms with E-state index < -0.39 is 11.9 Å². The van der Waals surface area contributed by atoms with Crippen LogP contribution in [0, 0.1) is 0 Å². The number of rotatable bonds is 5. The zero-order chi connectivity index (χ0) is 15.9. The van der Waals surface area contributed by atoms with E-state index in [4.69, 9.17) is 16.3 Å². The molecule has 2 rings (SSSR count).